The fourth-order valence-electron chi connectivity index (χ4n) is 1.98. The molecule has 0 aromatic carbocycles. The summed E-state index contributed by atoms with van der Waals surface area (Å²) in [4.78, 5) is 1.89. The minimum atomic E-state index is -0.815. The van der Waals surface area contributed by atoms with E-state index in [1.165, 1.54) is 0 Å². The molecule has 0 radical (unpaired) electrons. The molecule has 0 aromatic rings. The van der Waals surface area contributed by atoms with Crippen LogP contribution in [-0.2, 0) is 0 Å². The topological polar surface area (TPSA) is 63.9 Å². The van der Waals surface area contributed by atoms with E-state index < -0.39 is 18.3 Å². The van der Waals surface area contributed by atoms with E-state index in [9.17, 15) is 15.3 Å². The van der Waals surface area contributed by atoms with Crippen LogP contribution < -0.4 is 0 Å². The van der Waals surface area contributed by atoms with Gasteiger partial charge in [0.15, 0.2) is 0 Å². The Balaban J connectivity index is 2.19. The van der Waals surface area contributed by atoms with E-state index in [0.29, 0.717) is 13.1 Å². The van der Waals surface area contributed by atoms with Crippen LogP contribution in [-0.4, -0.2) is 57.7 Å². The molecular weight excluding hydrogens is 158 g/mol. The minimum absolute atomic E-state index is 0.315. The molecule has 4 atom stereocenters. The Bertz CT molecular complexity index is 206. The third-order valence-electron chi connectivity index (χ3n) is 2.61. The highest BCUT2D eigenvalue weighted by atomic mass is 16.3. The van der Waals surface area contributed by atoms with Crippen molar-refractivity contribution in [1.82, 2.24) is 4.90 Å². The lowest BCUT2D eigenvalue weighted by molar-refractivity contribution is 0.00254. The first-order valence-corrected chi connectivity index (χ1v) is 4.15. The third kappa shape index (κ3) is 1.08. The maximum absolute atomic E-state index is 9.48. The van der Waals surface area contributed by atoms with Gasteiger partial charge >= 0.3 is 0 Å². The Morgan fingerprint density at radius 2 is 2.00 bits per heavy atom. The summed E-state index contributed by atoms with van der Waals surface area (Å²) in [5, 5.41) is 28.3. The molecule has 1 fully saturated rings. The molecule has 4 nitrogen and oxygen atoms in total. The molecule has 0 spiro atoms. The molecule has 2 rings (SSSR count). The number of aliphatic hydroxyl groups is 3. The summed E-state index contributed by atoms with van der Waals surface area (Å²) in [5.74, 6) is 0. The van der Waals surface area contributed by atoms with Gasteiger partial charge in [-0.25, -0.2) is 0 Å². The number of aliphatic hydroxyl groups excluding tert-OH is 3. The molecule has 3 N–H and O–H groups in total. The Morgan fingerprint density at radius 1 is 1.25 bits per heavy atom. The largest absolute Gasteiger partial charge is 0.389 e. The summed E-state index contributed by atoms with van der Waals surface area (Å²) in [6, 6.07) is -0.315. The van der Waals surface area contributed by atoms with Crippen molar-refractivity contribution < 1.29 is 15.3 Å². The van der Waals surface area contributed by atoms with Gasteiger partial charge in [0, 0.05) is 13.1 Å². The monoisotopic (exact) mass is 171 g/mol. The first kappa shape index (κ1) is 8.19. The maximum atomic E-state index is 9.48. The van der Waals surface area contributed by atoms with Gasteiger partial charge < -0.3 is 15.3 Å². The quantitative estimate of drug-likeness (QED) is 0.381. The SMILES string of the molecule is O[C@@H]1[C@@H]2[C@@H](O)C=CCN2C[C@@H]1O. The van der Waals surface area contributed by atoms with E-state index in [1.807, 2.05) is 11.0 Å². The average molecular weight is 171 g/mol. The summed E-state index contributed by atoms with van der Waals surface area (Å²) in [6.07, 6.45) is 1.34. The lowest BCUT2D eigenvalue weighted by Crippen LogP contribution is -2.46. The fourth-order valence-corrected chi connectivity index (χ4v) is 1.98. The second-order valence-corrected chi connectivity index (χ2v) is 3.42. The number of nitrogens with zero attached hydrogens (tertiary/aromatic N) is 1. The zero-order chi connectivity index (χ0) is 8.72. The molecule has 0 saturated carbocycles. The van der Waals surface area contributed by atoms with Gasteiger partial charge in [-0.2, -0.15) is 0 Å². The number of fused-ring (bicyclic) bond motifs is 1. The van der Waals surface area contributed by atoms with E-state index in [0.717, 1.165) is 0 Å². The first-order chi connectivity index (χ1) is 5.70. The van der Waals surface area contributed by atoms with Crippen LogP contribution in [0.3, 0.4) is 0 Å². The van der Waals surface area contributed by atoms with Crippen LogP contribution in [0.5, 0.6) is 0 Å². The van der Waals surface area contributed by atoms with Crippen molar-refractivity contribution in [3.8, 4) is 0 Å². The van der Waals surface area contributed by atoms with E-state index in [1.54, 1.807) is 6.08 Å². The number of rotatable bonds is 0. The van der Waals surface area contributed by atoms with Crippen LogP contribution in [0.15, 0.2) is 12.2 Å². The van der Waals surface area contributed by atoms with E-state index in [-0.39, 0.29) is 6.04 Å². The Hall–Kier alpha value is -0.420. The molecule has 4 heteroatoms. The van der Waals surface area contributed by atoms with Gasteiger partial charge in [0.1, 0.15) is 0 Å². The summed E-state index contributed by atoms with van der Waals surface area (Å²) >= 11 is 0. The van der Waals surface area contributed by atoms with Gasteiger partial charge in [-0.15, -0.1) is 0 Å². The number of hydrogen-bond donors (Lipinski definition) is 3. The van der Waals surface area contributed by atoms with Crippen molar-refractivity contribution in [1.29, 1.82) is 0 Å². The van der Waals surface area contributed by atoms with Crippen molar-refractivity contribution in [3.63, 3.8) is 0 Å². The van der Waals surface area contributed by atoms with Crippen molar-refractivity contribution >= 4 is 0 Å². The molecule has 1 saturated heterocycles. The molecule has 2 aliphatic rings. The molecule has 0 unspecified atom stereocenters. The zero-order valence-electron chi connectivity index (χ0n) is 6.67. The Kier molecular flexibility index (Phi) is 1.92. The van der Waals surface area contributed by atoms with Crippen LogP contribution in [0, 0.1) is 0 Å². The molecule has 0 aliphatic carbocycles. The Labute approximate surface area is 70.7 Å². The molecule has 12 heavy (non-hydrogen) atoms. The summed E-state index contributed by atoms with van der Waals surface area (Å²) in [7, 11) is 0. The van der Waals surface area contributed by atoms with Gasteiger partial charge in [-0.3, -0.25) is 4.90 Å². The first-order valence-electron chi connectivity index (χ1n) is 4.15. The summed E-state index contributed by atoms with van der Waals surface area (Å²) in [5.41, 5.74) is 0. The lowest BCUT2D eigenvalue weighted by atomic mass is 10.0. The molecule has 2 heterocycles. The predicted octanol–water partition coefficient (Wildman–Crippen LogP) is -1.68. The van der Waals surface area contributed by atoms with Crippen LogP contribution in [0.25, 0.3) is 0 Å². The molecule has 0 bridgehead atoms. The van der Waals surface area contributed by atoms with Gasteiger partial charge in [0.05, 0.1) is 24.4 Å². The van der Waals surface area contributed by atoms with Gasteiger partial charge in [0.2, 0.25) is 0 Å². The van der Waals surface area contributed by atoms with E-state index in [2.05, 4.69) is 0 Å². The van der Waals surface area contributed by atoms with Crippen LogP contribution in [0.2, 0.25) is 0 Å². The van der Waals surface area contributed by atoms with Crippen LogP contribution >= 0.6 is 0 Å². The van der Waals surface area contributed by atoms with Crippen LogP contribution in [0.4, 0.5) is 0 Å². The van der Waals surface area contributed by atoms with Crippen molar-refractivity contribution in [2.45, 2.75) is 24.4 Å². The predicted molar refractivity (Wildman–Crippen MR) is 42.5 cm³/mol. The van der Waals surface area contributed by atoms with Gasteiger partial charge in [-0.05, 0) is 0 Å². The summed E-state index contributed by atoms with van der Waals surface area (Å²) < 4.78 is 0. The fraction of sp³-hybridized carbons (Fsp3) is 0.750. The van der Waals surface area contributed by atoms with Crippen molar-refractivity contribution in [2.24, 2.45) is 0 Å². The van der Waals surface area contributed by atoms with Gasteiger partial charge in [-0.1, -0.05) is 12.2 Å². The molecular formula is C8H13NO3. The van der Waals surface area contributed by atoms with E-state index in [4.69, 9.17) is 0 Å². The molecule has 0 aromatic heterocycles. The smallest absolute Gasteiger partial charge is 0.0994 e. The zero-order valence-corrected chi connectivity index (χ0v) is 6.67. The molecule has 2 aliphatic heterocycles. The highest BCUT2D eigenvalue weighted by molar-refractivity contribution is 5.10. The second kappa shape index (κ2) is 2.81. The molecule has 68 valence electrons. The standard InChI is InChI=1S/C8H13NO3/c10-5-2-1-3-9-4-6(11)8(12)7(5)9/h1-2,5-8,10-12H,3-4H2/t5-,6-,7-,8-/m0/s1. The van der Waals surface area contributed by atoms with Crippen LogP contribution in [0.1, 0.15) is 0 Å². The second-order valence-electron chi connectivity index (χ2n) is 3.42. The minimum Gasteiger partial charge on any atom is -0.389 e. The third-order valence-corrected chi connectivity index (χ3v) is 2.61. The average Bonchev–Trinajstić information content (AvgIpc) is 2.29. The lowest BCUT2D eigenvalue weighted by Gasteiger charge is -2.30. The highest BCUT2D eigenvalue weighted by Gasteiger charge is 2.43. The van der Waals surface area contributed by atoms with Gasteiger partial charge in [0.25, 0.3) is 0 Å². The van der Waals surface area contributed by atoms with Crippen molar-refractivity contribution in [2.75, 3.05) is 13.1 Å². The van der Waals surface area contributed by atoms with Crippen molar-refractivity contribution in [3.05, 3.63) is 12.2 Å². The molecule has 0 amide bonds. The Morgan fingerprint density at radius 3 is 2.67 bits per heavy atom. The normalized spacial score (nSPS) is 47.9. The maximum Gasteiger partial charge on any atom is 0.0994 e. The van der Waals surface area contributed by atoms with E-state index >= 15 is 0 Å². The summed E-state index contributed by atoms with van der Waals surface area (Å²) in [6.45, 7) is 1.16. The number of hydrogen-bond acceptors (Lipinski definition) is 4. The highest BCUT2D eigenvalue weighted by Crippen LogP contribution is 2.24.